The largest absolute Gasteiger partial charge is 0.387 e. The second-order valence-electron chi connectivity index (χ2n) is 6.10. The van der Waals surface area contributed by atoms with Crippen LogP contribution in [0.5, 0.6) is 0 Å². The average Bonchev–Trinajstić information content (AvgIpc) is 2.59. The summed E-state index contributed by atoms with van der Waals surface area (Å²) in [5.74, 6) is -0.222. The highest BCUT2D eigenvalue weighted by atomic mass is 16.5. The SMILES string of the molecule is NC1(C(=O)NCC(O)c2ccc3ccccc3c2)CCOCC1. The Morgan fingerprint density at radius 3 is 2.65 bits per heavy atom. The van der Waals surface area contributed by atoms with Crippen LogP contribution in [-0.4, -0.2) is 36.3 Å². The average molecular weight is 314 g/mol. The molecule has 1 atom stereocenters. The number of aliphatic hydroxyl groups excluding tert-OH is 1. The molecule has 0 spiro atoms. The summed E-state index contributed by atoms with van der Waals surface area (Å²) in [6, 6.07) is 13.8. The molecule has 1 saturated heterocycles. The number of hydrogen-bond donors (Lipinski definition) is 3. The fourth-order valence-electron chi connectivity index (χ4n) is 2.86. The molecule has 1 amide bonds. The molecule has 5 heteroatoms. The molecular formula is C18H22N2O3. The number of benzene rings is 2. The Labute approximate surface area is 135 Å². The second kappa shape index (κ2) is 6.66. The van der Waals surface area contributed by atoms with Gasteiger partial charge in [-0.2, -0.15) is 0 Å². The van der Waals surface area contributed by atoms with Gasteiger partial charge in [0.1, 0.15) is 0 Å². The Morgan fingerprint density at radius 2 is 1.91 bits per heavy atom. The van der Waals surface area contributed by atoms with Crippen molar-refractivity contribution in [2.75, 3.05) is 19.8 Å². The fraction of sp³-hybridized carbons (Fsp3) is 0.389. The number of nitrogens with one attached hydrogen (secondary N) is 1. The predicted molar refractivity (Wildman–Crippen MR) is 88.9 cm³/mol. The Hall–Kier alpha value is -1.95. The van der Waals surface area contributed by atoms with Crippen molar-refractivity contribution in [1.82, 2.24) is 5.32 Å². The molecule has 1 heterocycles. The number of amides is 1. The van der Waals surface area contributed by atoms with Crippen molar-refractivity contribution >= 4 is 16.7 Å². The van der Waals surface area contributed by atoms with Gasteiger partial charge in [0.05, 0.1) is 11.6 Å². The van der Waals surface area contributed by atoms with E-state index in [1.807, 2.05) is 42.5 Å². The molecule has 0 aromatic heterocycles. The van der Waals surface area contributed by atoms with E-state index in [-0.39, 0.29) is 12.5 Å². The molecule has 0 radical (unpaired) electrons. The molecule has 2 aromatic rings. The normalized spacial score (nSPS) is 18.5. The minimum absolute atomic E-state index is 0.150. The van der Waals surface area contributed by atoms with Gasteiger partial charge in [-0.3, -0.25) is 4.79 Å². The molecule has 0 bridgehead atoms. The van der Waals surface area contributed by atoms with Crippen molar-refractivity contribution in [3.8, 4) is 0 Å². The number of carbonyl (C=O) groups excluding carboxylic acids is 1. The number of hydrogen-bond acceptors (Lipinski definition) is 4. The molecule has 2 aromatic carbocycles. The second-order valence-corrected chi connectivity index (χ2v) is 6.10. The van der Waals surface area contributed by atoms with Crippen LogP contribution >= 0.6 is 0 Å². The summed E-state index contributed by atoms with van der Waals surface area (Å²) in [5.41, 5.74) is 6.02. The van der Waals surface area contributed by atoms with Crippen molar-refractivity contribution in [3.63, 3.8) is 0 Å². The predicted octanol–water partition coefficient (Wildman–Crippen LogP) is 1.50. The van der Waals surface area contributed by atoms with Crippen LogP contribution in [0.1, 0.15) is 24.5 Å². The summed E-state index contributed by atoms with van der Waals surface area (Å²) < 4.78 is 5.24. The fourth-order valence-corrected chi connectivity index (χ4v) is 2.86. The van der Waals surface area contributed by atoms with Crippen LogP contribution in [0.15, 0.2) is 42.5 Å². The zero-order valence-electron chi connectivity index (χ0n) is 13.0. The van der Waals surface area contributed by atoms with Gasteiger partial charge in [-0.1, -0.05) is 36.4 Å². The lowest BCUT2D eigenvalue weighted by Gasteiger charge is -2.32. The van der Waals surface area contributed by atoms with Crippen LogP contribution in [0, 0.1) is 0 Å². The van der Waals surface area contributed by atoms with Gasteiger partial charge in [-0.05, 0) is 35.2 Å². The summed E-state index contributed by atoms with van der Waals surface area (Å²) in [6.45, 7) is 1.14. The van der Waals surface area contributed by atoms with Crippen LogP contribution in [-0.2, 0) is 9.53 Å². The van der Waals surface area contributed by atoms with E-state index in [0.29, 0.717) is 26.1 Å². The zero-order chi connectivity index (χ0) is 16.3. The standard InChI is InChI=1S/C18H22N2O3/c19-18(7-9-23-10-8-18)17(22)20-12-16(21)15-6-5-13-3-1-2-4-14(13)11-15/h1-6,11,16,21H,7-10,12,19H2,(H,20,22). The van der Waals surface area contributed by atoms with E-state index in [9.17, 15) is 9.90 Å². The van der Waals surface area contributed by atoms with Crippen molar-refractivity contribution in [1.29, 1.82) is 0 Å². The lowest BCUT2D eigenvalue weighted by molar-refractivity contribution is -0.130. The minimum Gasteiger partial charge on any atom is -0.387 e. The topological polar surface area (TPSA) is 84.6 Å². The van der Waals surface area contributed by atoms with Crippen molar-refractivity contribution in [2.45, 2.75) is 24.5 Å². The quantitative estimate of drug-likeness (QED) is 0.798. The Morgan fingerprint density at radius 1 is 1.22 bits per heavy atom. The third-order valence-electron chi connectivity index (χ3n) is 4.45. The van der Waals surface area contributed by atoms with Crippen LogP contribution in [0.4, 0.5) is 0 Å². The first-order chi connectivity index (χ1) is 11.1. The van der Waals surface area contributed by atoms with Gasteiger partial charge in [-0.15, -0.1) is 0 Å². The van der Waals surface area contributed by atoms with E-state index in [2.05, 4.69) is 5.32 Å². The Balaban J connectivity index is 1.63. The highest BCUT2D eigenvalue weighted by molar-refractivity contribution is 5.86. The first-order valence-corrected chi connectivity index (χ1v) is 7.90. The van der Waals surface area contributed by atoms with Crippen molar-refractivity contribution in [3.05, 3.63) is 48.0 Å². The van der Waals surface area contributed by atoms with Gasteiger partial charge < -0.3 is 20.9 Å². The lowest BCUT2D eigenvalue weighted by Crippen LogP contribution is -2.57. The van der Waals surface area contributed by atoms with Crippen LogP contribution in [0.2, 0.25) is 0 Å². The summed E-state index contributed by atoms with van der Waals surface area (Å²) in [4.78, 5) is 12.3. The van der Waals surface area contributed by atoms with E-state index in [0.717, 1.165) is 16.3 Å². The van der Waals surface area contributed by atoms with Crippen molar-refractivity contribution in [2.24, 2.45) is 5.73 Å². The van der Waals surface area contributed by atoms with Gasteiger partial charge in [-0.25, -0.2) is 0 Å². The van der Waals surface area contributed by atoms with Crippen LogP contribution in [0.3, 0.4) is 0 Å². The number of ether oxygens (including phenoxy) is 1. The highest BCUT2D eigenvalue weighted by Gasteiger charge is 2.35. The monoisotopic (exact) mass is 314 g/mol. The highest BCUT2D eigenvalue weighted by Crippen LogP contribution is 2.21. The van der Waals surface area contributed by atoms with E-state index in [1.54, 1.807) is 0 Å². The van der Waals surface area contributed by atoms with E-state index in [1.165, 1.54) is 0 Å². The molecule has 3 rings (SSSR count). The minimum atomic E-state index is -0.888. The molecule has 5 nitrogen and oxygen atoms in total. The summed E-state index contributed by atoms with van der Waals surface area (Å²) in [6.07, 6.45) is 0.252. The molecule has 0 saturated carbocycles. The molecule has 122 valence electrons. The van der Waals surface area contributed by atoms with Gasteiger partial charge in [0.2, 0.25) is 5.91 Å². The van der Waals surface area contributed by atoms with E-state index in [4.69, 9.17) is 10.5 Å². The molecule has 1 unspecified atom stereocenters. The van der Waals surface area contributed by atoms with E-state index < -0.39 is 11.6 Å². The van der Waals surface area contributed by atoms with Gasteiger partial charge in [0, 0.05) is 19.8 Å². The first-order valence-electron chi connectivity index (χ1n) is 7.90. The number of rotatable bonds is 4. The number of nitrogens with two attached hydrogens (primary N) is 1. The third kappa shape index (κ3) is 3.52. The molecule has 4 N–H and O–H groups in total. The van der Waals surface area contributed by atoms with Crippen LogP contribution < -0.4 is 11.1 Å². The maximum absolute atomic E-state index is 12.3. The smallest absolute Gasteiger partial charge is 0.240 e. The summed E-state index contributed by atoms with van der Waals surface area (Å²) >= 11 is 0. The Kier molecular flexibility index (Phi) is 4.61. The number of aliphatic hydroxyl groups is 1. The van der Waals surface area contributed by atoms with Gasteiger partial charge in [0.25, 0.3) is 0 Å². The summed E-state index contributed by atoms with van der Waals surface area (Å²) in [5, 5.41) is 15.3. The van der Waals surface area contributed by atoms with Crippen molar-refractivity contribution < 1.29 is 14.6 Å². The Bertz CT molecular complexity index is 695. The van der Waals surface area contributed by atoms with Crippen LogP contribution in [0.25, 0.3) is 10.8 Å². The molecule has 1 aliphatic heterocycles. The van der Waals surface area contributed by atoms with Gasteiger partial charge in [0.15, 0.2) is 0 Å². The number of carbonyl (C=O) groups is 1. The number of fused-ring (bicyclic) bond motifs is 1. The van der Waals surface area contributed by atoms with E-state index >= 15 is 0 Å². The summed E-state index contributed by atoms with van der Waals surface area (Å²) in [7, 11) is 0. The first kappa shape index (κ1) is 15.9. The molecule has 1 fully saturated rings. The molecular weight excluding hydrogens is 292 g/mol. The van der Waals surface area contributed by atoms with Gasteiger partial charge >= 0.3 is 0 Å². The lowest BCUT2D eigenvalue weighted by atomic mass is 9.90. The zero-order valence-corrected chi connectivity index (χ0v) is 13.0. The maximum Gasteiger partial charge on any atom is 0.240 e. The molecule has 1 aliphatic rings. The maximum atomic E-state index is 12.3. The molecule has 0 aliphatic carbocycles. The third-order valence-corrected chi connectivity index (χ3v) is 4.45. The molecule has 23 heavy (non-hydrogen) atoms.